The lowest BCUT2D eigenvalue weighted by Crippen LogP contribution is -1.77. The van der Waals surface area contributed by atoms with E-state index in [9.17, 15) is 0 Å². The number of H-pyrrole nitrogens is 1. The molecule has 2 rings (SSSR count). The lowest BCUT2D eigenvalue weighted by Gasteiger charge is -1.89. The molecule has 1 N–H and O–H groups in total. The van der Waals surface area contributed by atoms with E-state index in [0.717, 1.165) is 11.3 Å². The predicted octanol–water partition coefficient (Wildman–Crippen LogP) is 2.48. The van der Waals surface area contributed by atoms with Crippen LogP contribution >= 0.6 is 22.6 Å². The molecule has 0 atom stereocenters. The van der Waals surface area contributed by atoms with Crippen LogP contribution in [0.25, 0.3) is 11.0 Å². The van der Waals surface area contributed by atoms with Gasteiger partial charge in [0.15, 0.2) is 0 Å². The highest BCUT2D eigenvalue weighted by molar-refractivity contribution is 14.1. The standard InChI is InChI=1S/C8H7IN2/c1-5-4-6-7(9)2-3-10-8(6)11-5/h2-4H,1H3,(H,10,11). The van der Waals surface area contributed by atoms with Crippen molar-refractivity contribution >= 4 is 33.6 Å². The summed E-state index contributed by atoms with van der Waals surface area (Å²) in [4.78, 5) is 7.39. The molecule has 0 bridgehead atoms. The largest absolute Gasteiger partial charge is 0.344 e. The number of pyridine rings is 1. The van der Waals surface area contributed by atoms with Crippen LogP contribution in [0, 0.1) is 10.5 Å². The maximum atomic E-state index is 4.20. The van der Waals surface area contributed by atoms with E-state index in [0.29, 0.717) is 0 Å². The number of hydrogen-bond acceptors (Lipinski definition) is 1. The Hall–Kier alpha value is -0.580. The molecule has 0 amide bonds. The van der Waals surface area contributed by atoms with Crippen LogP contribution < -0.4 is 0 Å². The molecule has 0 aliphatic heterocycles. The van der Waals surface area contributed by atoms with Gasteiger partial charge in [-0.1, -0.05) is 0 Å². The molecule has 0 unspecified atom stereocenters. The van der Waals surface area contributed by atoms with E-state index in [1.54, 1.807) is 0 Å². The van der Waals surface area contributed by atoms with Crippen molar-refractivity contribution < 1.29 is 0 Å². The molecule has 0 saturated carbocycles. The molecule has 3 heteroatoms. The van der Waals surface area contributed by atoms with E-state index < -0.39 is 0 Å². The van der Waals surface area contributed by atoms with Gasteiger partial charge in [-0.15, -0.1) is 0 Å². The Morgan fingerprint density at radius 1 is 1.55 bits per heavy atom. The molecule has 0 radical (unpaired) electrons. The van der Waals surface area contributed by atoms with Crippen LogP contribution in [0.2, 0.25) is 0 Å². The molecular weight excluding hydrogens is 251 g/mol. The summed E-state index contributed by atoms with van der Waals surface area (Å²) in [5.74, 6) is 0. The van der Waals surface area contributed by atoms with Gasteiger partial charge in [0, 0.05) is 20.8 Å². The van der Waals surface area contributed by atoms with Crippen molar-refractivity contribution in [3.63, 3.8) is 0 Å². The van der Waals surface area contributed by atoms with Crippen molar-refractivity contribution in [3.8, 4) is 0 Å². The van der Waals surface area contributed by atoms with Crippen molar-refractivity contribution in [1.29, 1.82) is 0 Å². The number of hydrogen-bond donors (Lipinski definition) is 1. The molecule has 2 heterocycles. The number of nitrogens with one attached hydrogen (secondary N) is 1. The summed E-state index contributed by atoms with van der Waals surface area (Å²) in [6.45, 7) is 2.04. The summed E-state index contributed by atoms with van der Waals surface area (Å²) < 4.78 is 1.25. The van der Waals surface area contributed by atoms with Crippen LogP contribution in [-0.2, 0) is 0 Å². The monoisotopic (exact) mass is 258 g/mol. The van der Waals surface area contributed by atoms with Crippen LogP contribution in [0.1, 0.15) is 5.69 Å². The molecule has 2 aromatic rings. The molecule has 2 aromatic heterocycles. The molecule has 0 spiro atoms. The Morgan fingerprint density at radius 3 is 3.09 bits per heavy atom. The van der Waals surface area contributed by atoms with Crippen LogP contribution in [0.3, 0.4) is 0 Å². The zero-order chi connectivity index (χ0) is 7.84. The first kappa shape index (κ1) is 7.09. The zero-order valence-corrected chi connectivity index (χ0v) is 8.21. The fourth-order valence-electron chi connectivity index (χ4n) is 1.13. The van der Waals surface area contributed by atoms with Gasteiger partial charge in [0.05, 0.1) is 0 Å². The van der Waals surface area contributed by atoms with E-state index in [1.807, 2.05) is 19.2 Å². The number of aromatic amines is 1. The average molecular weight is 258 g/mol. The minimum atomic E-state index is 0.981. The van der Waals surface area contributed by atoms with Gasteiger partial charge in [0.2, 0.25) is 0 Å². The summed E-state index contributed by atoms with van der Waals surface area (Å²) >= 11 is 2.31. The molecule has 2 nitrogen and oxygen atoms in total. The first-order valence-corrected chi connectivity index (χ1v) is 4.45. The summed E-state index contributed by atoms with van der Waals surface area (Å²) in [7, 11) is 0. The number of aromatic nitrogens is 2. The van der Waals surface area contributed by atoms with Gasteiger partial charge >= 0.3 is 0 Å². The summed E-state index contributed by atoms with van der Waals surface area (Å²) in [5.41, 5.74) is 2.14. The molecule has 0 aliphatic rings. The number of fused-ring (bicyclic) bond motifs is 1. The second-order valence-corrected chi connectivity index (χ2v) is 3.67. The highest BCUT2D eigenvalue weighted by Gasteiger charge is 2.00. The smallest absolute Gasteiger partial charge is 0.138 e. The minimum absolute atomic E-state index is 0.981. The van der Waals surface area contributed by atoms with Crippen LogP contribution in [0.4, 0.5) is 0 Å². The van der Waals surface area contributed by atoms with Gasteiger partial charge in [0.1, 0.15) is 5.65 Å². The highest BCUT2D eigenvalue weighted by atomic mass is 127. The second-order valence-electron chi connectivity index (χ2n) is 2.51. The molecule has 0 aromatic carbocycles. The molecule has 0 saturated heterocycles. The van der Waals surface area contributed by atoms with E-state index in [1.165, 1.54) is 8.96 Å². The summed E-state index contributed by atoms with van der Waals surface area (Å²) in [6, 6.07) is 4.13. The van der Waals surface area contributed by atoms with Crippen LogP contribution in [-0.4, -0.2) is 9.97 Å². The topological polar surface area (TPSA) is 28.7 Å². The fourth-order valence-corrected chi connectivity index (χ4v) is 1.70. The maximum absolute atomic E-state index is 4.20. The molecule has 56 valence electrons. The summed E-state index contributed by atoms with van der Waals surface area (Å²) in [6.07, 6.45) is 1.82. The third-order valence-electron chi connectivity index (χ3n) is 1.61. The zero-order valence-electron chi connectivity index (χ0n) is 6.06. The number of rotatable bonds is 0. The van der Waals surface area contributed by atoms with Crippen molar-refractivity contribution in [2.75, 3.05) is 0 Å². The quantitative estimate of drug-likeness (QED) is 0.722. The third kappa shape index (κ3) is 1.13. The normalized spacial score (nSPS) is 10.7. The molecule has 11 heavy (non-hydrogen) atoms. The van der Waals surface area contributed by atoms with Crippen molar-refractivity contribution in [2.45, 2.75) is 6.92 Å². The third-order valence-corrected chi connectivity index (χ3v) is 2.55. The van der Waals surface area contributed by atoms with Gasteiger partial charge in [0.25, 0.3) is 0 Å². The van der Waals surface area contributed by atoms with E-state index >= 15 is 0 Å². The fraction of sp³-hybridized carbons (Fsp3) is 0.125. The molecule has 0 fully saturated rings. The molecular formula is C8H7IN2. The molecule has 0 aliphatic carbocycles. The number of aryl methyl sites for hydroxylation is 1. The Balaban J connectivity index is 2.90. The van der Waals surface area contributed by atoms with E-state index in [4.69, 9.17) is 0 Å². The van der Waals surface area contributed by atoms with Gasteiger partial charge in [-0.2, -0.15) is 0 Å². The lowest BCUT2D eigenvalue weighted by molar-refractivity contribution is 1.25. The van der Waals surface area contributed by atoms with Gasteiger partial charge < -0.3 is 4.98 Å². The maximum Gasteiger partial charge on any atom is 0.138 e. The second kappa shape index (κ2) is 2.48. The van der Waals surface area contributed by atoms with E-state index in [2.05, 4.69) is 38.6 Å². The van der Waals surface area contributed by atoms with Gasteiger partial charge in [-0.05, 0) is 41.6 Å². The number of nitrogens with zero attached hydrogens (tertiary/aromatic N) is 1. The Labute approximate surface area is 78.2 Å². The van der Waals surface area contributed by atoms with Crippen LogP contribution in [0.15, 0.2) is 18.3 Å². The Bertz CT molecular complexity index is 392. The number of halogens is 1. The van der Waals surface area contributed by atoms with Gasteiger partial charge in [-0.3, -0.25) is 0 Å². The Kier molecular flexibility index (Phi) is 1.60. The van der Waals surface area contributed by atoms with Crippen LogP contribution in [0.5, 0.6) is 0 Å². The van der Waals surface area contributed by atoms with Crippen molar-refractivity contribution in [1.82, 2.24) is 9.97 Å². The Morgan fingerprint density at radius 2 is 2.36 bits per heavy atom. The minimum Gasteiger partial charge on any atom is -0.344 e. The lowest BCUT2D eigenvalue weighted by atomic mass is 10.3. The summed E-state index contributed by atoms with van der Waals surface area (Å²) in [5, 5.41) is 1.21. The first-order valence-electron chi connectivity index (χ1n) is 3.37. The van der Waals surface area contributed by atoms with Crippen molar-refractivity contribution in [2.24, 2.45) is 0 Å². The van der Waals surface area contributed by atoms with E-state index in [-0.39, 0.29) is 0 Å². The average Bonchev–Trinajstić information content (AvgIpc) is 2.31. The van der Waals surface area contributed by atoms with Gasteiger partial charge in [-0.25, -0.2) is 4.98 Å². The highest BCUT2D eigenvalue weighted by Crippen LogP contribution is 2.18. The predicted molar refractivity (Wildman–Crippen MR) is 53.5 cm³/mol. The van der Waals surface area contributed by atoms with Crippen molar-refractivity contribution in [3.05, 3.63) is 27.6 Å². The first-order chi connectivity index (χ1) is 5.27. The SMILES string of the molecule is Cc1cc2c(I)ccnc2[nH]1.